The van der Waals surface area contributed by atoms with Gasteiger partial charge in [0.15, 0.2) is 0 Å². The molecule has 86 valence electrons. The molecule has 0 bridgehead atoms. The van der Waals surface area contributed by atoms with Crippen molar-refractivity contribution in [2.24, 2.45) is 11.7 Å². The molecule has 16 heavy (non-hydrogen) atoms. The van der Waals surface area contributed by atoms with Crippen LogP contribution in [0.15, 0.2) is 24.3 Å². The molecule has 2 aliphatic rings. The molecule has 2 aliphatic carbocycles. The second-order valence-corrected chi connectivity index (χ2v) is 5.48. The first-order chi connectivity index (χ1) is 7.86. The van der Waals surface area contributed by atoms with Crippen molar-refractivity contribution in [3.8, 4) is 0 Å². The van der Waals surface area contributed by atoms with E-state index in [1.165, 1.54) is 49.7 Å². The van der Waals surface area contributed by atoms with Gasteiger partial charge in [0, 0.05) is 12.0 Å². The highest BCUT2D eigenvalue weighted by atomic mass is 14.7. The molecule has 0 saturated heterocycles. The minimum atomic E-state index is 0.412. The maximum Gasteiger partial charge on any atom is 0.0140 e. The molecule has 0 aromatic heterocycles. The Labute approximate surface area is 98.0 Å². The van der Waals surface area contributed by atoms with E-state index in [1.54, 1.807) is 0 Å². The standard InChI is InChI=1S/C15H21N/c16-15(11-6-2-1-3-7-11)14-10-12-8-4-5-9-13(12)14/h4-5,8-9,11,14-15H,1-3,6-7,10,16H2. The van der Waals surface area contributed by atoms with E-state index in [4.69, 9.17) is 5.73 Å². The van der Waals surface area contributed by atoms with Crippen LogP contribution in [0.2, 0.25) is 0 Å². The van der Waals surface area contributed by atoms with Crippen LogP contribution in [-0.2, 0) is 6.42 Å². The summed E-state index contributed by atoms with van der Waals surface area (Å²) >= 11 is 0. The summed E-state index contributed by atoms with van der Waals surface area (Å²) in [6.07, 6.45) is 8.15. The van der Waals surface area contributed by atoms with Gasteiger partial charge in [0.1, 0.15) is 0 Å². The fourth-order valence-electron chi connectivity index (χ4n) is 3.49. The zero-order valence-electron chi connectivity index (χ0n) is 9.86. The van der Waals surface area contributed by atoms with Gasteiger partial charge in [-0.2, -0.15) is 0 Å². The first-order valence-electron chi connectivity index (χ1n) is 6.69. The monoisotopic (exact) mass is 215 g/mol. The predicted octanol–water partition coefficient (Wildman–Crippen LogP) is 3.23. The second-order valence-electron chi connectivity index (χ2n) is 5.48. The topological polar surface area (TPSA) is 26.0 Å². The van der Waals surface area contributed by atoms with Crippen molar-refractivity contribution in [1.82, 2.24) is 0 Å². The smallest absolute Gasteiger partial charge is 0.0140 e. The second kappa shape index (κ2) is 4.21. The van der Waals surface area contributed by atoms with E-state index in [1.807, 2.05) is 0 Å². The zero-order valence-corrected chi connectivity index (χ0v) is 9.86. The van der Waals surface area contributed by atoms with E-state index < -0.39 is 0 Å². The molecular weight excluding hydrogens is 194 g/mol. The fraction of sp³-hybridized carbons (Fsp3) is 0.600. The maximum atomic E-state index is 6.47. The lowest BCUT2D eigenvalue weighted by molar-refractivity contribution is 0.266. The van der Waals surface area contributed by atoms with E-state index in [9.17, 15) is 0 Å². The number of nitrogens with two attached hydrogens (primary N) is 1. The highest BCUT2D eigenvalue weighted by Gasteiger charge is 2.35. The average Bonchev–Trinajstić information content (AvgIpc) is 2.32. The Morgan fingerprint density at radius 2 is 1.81 bits per heavy atom. The lowest BCUT2D eigenvalue weighted by atomic mass is 9.68. The Kier molecular flexibility index (Phi) is 2.72. The SMILES string of the molecule is NC(C1CCCCC1)C1Cc2ccccc21. The summed E-state index contributed by atoms with van der Waals surface area (Å²) in [4.78, 5) is 0. The number of hydrogen-bond acceptors (Lipinski definition) is 1. The van der Waals surface area contributed by atoms with Gasteiger partial charge in [0.05, 0.1) is 0 Å². The van der Waals surface area contributed by atoms with E-state index in [-0.39, 0.29) is 0 Å². The minimum Gasteiger partial charge on any atom is -0.327 e. The molecule has 1 saturated carbocycles. The number of fused-ring (bicyclic) bond motifs is 1. The molecule has 1 heteroatoms. The van der Waals surface area contributed by atoms with Crippen LogP contribution in [0.5, 0.6) is 0 Å². The highest BCUT2D eigenvalue weighted by Crippen LogP contribution is 2.41. The van der Waals surface area contributed by atoms with Crippen molar-refractivity contribution >= 4 is 0 Å². The van der Waals surface area contributed by atoms with Crippen LogP contribution in [0.25, 0.3) is 0 Å². The van der Waals surface area contributed by atoms with E-state index >= 15 is 0 Å². The first kappa shape index (κ1) is 10.3. The molecule has 2 N–H and O–H groups in total. The molecule has 0 heterocycles. The van der Waals surface area contributed by atoms with Crippen molar-refractivity contribution in [3.05, 3.63) is 35.4 Å². The molecule has 3 rings (SSSR count). The molecular formula is C15H21N. The number of benzene rings is 1. The summed E-state index contributed by atoms with van der Waals surface area (Å²) in [5.74, 6) is 1.44. The summed E-state index contributed by atoms with van der Waals surface area (Å²) in [5, 5.41) is 0. The molecule has 0 spiro atoms. The first-order valence-corrected chi connectivity index (χ1v) is 6.69. The summed E-state index contributed by atoms with van der Waals surface area (Å²) in [6.45, 7) is 0. The normalized spacial score (nSPS) is 26.9. The van der Waals surface area contributed by atoms with Crippen LogP contribution < -0.4 is 5.73 Å². The van der Waals surface area contributed by atoms with E-state index in [0.717, 1.165) is 5.92 Å². The number of hydrogen-bond donors (Lipinski definition) is 1. The van der Waals surface area contributed by atoms with E-state index in [2.05, 4.69) is 24.3 Å². The molecule has 1 aromatic carbocycles. The van der Waals surface area contributed by atoms with Crippen molar-refractivity contribution < 1.29 is 0 Å². The van der Waals surface area contributed by atoms with Gasteiger partial charge in [-0.1, -0.05) is 43.5 Å². The van der Waals surface area contributed by atoms with Gasteiger partial charge >= 0.3 is 0 Å². The van der Waals surface area contributed by atoms with Gasteiger partial charge in [-0.3, -0.25) is 0 Å². The zero-order chi connectivity index (χ0) is 11.0. The lowest BCUT2D eigenvalue weighted by Crippen LogP contribution is -2.42. The van der Waals surface area contributed by atoms with Crippen LogP contribution in [-0.4, -0.2) is 6.04 Å². The molecule has 1 aromatic rings. The summed E-state index contributed by atoms with van der Waals surface area (Å²) in [7, 11) is 0. The molecule has 0 amide bonds. The molecule has 2 atom stereocenters. The highest BCUT2D eigenvalue weighted by molar-refractivity contribution is 5.41. The van der Waals surface area contributed by atoms with Crippen molar-refractivity contribution in [2.75, 3.05) is 0 Å². The Morgan fingerprint density at radius 1 is 1.06 bits per heavy atom. The van der Waals surface area contributed by atoms with Crippen LogP contribution in [0.4, 0.5) is 0 Å². The summed E-state index contributed by atoms with van der Waals surface area (Å²) in [6, 6.07) is 9.22. The summed E-state index contributed by atoms with van der Waals surface area (Å²) < 4.78 is 0. The van der Waals surface area contributed by atoms with Gasteiger partial charge in [-0.25, -0.2) is 0 Å². The Morgan fingerprint density at radius 3 is 2.56 bits per heavy atom. The van der Waals surface area contributed by atoms with Gasteiger partial charge < -0.3 is 5.73 Å². The Balaban J connectivity index is 1.71. The van der Waals surface area contributed by atoms with Gasteiger partial charge in [-0.15, -0.1) is 0 Å². The molecule has 1 nitrogen and oxygen atoms in total. The van der Waals surface area contributed by atoms with Crippen LogP contribution in [0.1, 0.15) is 49.1 Å². The lowest BCUT2D eigenvalue weighted by Gasteiger charge is -2.39. The van der Waals surface area contributed by atoms with Crippen molar-refractivity contribution in [3.63, 3.8) is 0 Å². The Bertz CT molecular complexity index is 365. The minimum absolute atomic E-state index is 0.412. The van der Waals surface area contributed by atoms with E-state index in [0.29, 0.717) is 12.0 Å². The molecule has 0 aliphatic heterocycles. The largest absolute Gasteiger partial charge is 0.327 e. The van der Waals surface area contributed by atoms with Gasteiger partial charge in [-0.05, 0) is 36.3 Å². The van der Waals surface area contributed by atoms with Crippen LogP contribution in [0, 0.1) is 5.92 Å². The molecule has 1 fully saturated rings. The molecule has 2 unspecified atom stereocenters. The van der Waals surface area contributed by atoms with Gasteiger partial charge in [0.2, 0.25) is 0 Å². The van der Waals surface area contributed by atoms with Crippen molar-refractivity contribution in [1.29, 1.82) is 0 Å². The Hall–Kier alpha value is -0.820. The third-order valence-electron chi connectivity index (χ3n) is 4.55. The third-order valence-corrected chi connectivity index (χ3v) is 4.55. The quantitative estimate of drug-likeness (QED) is 0.805. The summed E-state index contributed by atoms with van der Waals surface area (Å²) in [5.41, 5.74) is 9.52. The van der Waals surface area contributed by atoms with Crippen LogP contribution >= 0.6 is 0 Å². The van der Waals surface area contributed by atoms with Gasteiger partial charge in [0.25, 0.3) is 0 Å². The van der Waals surface area contributed by atoms with Crippen molar-refractivity contribution in [2.45, 2.75) is 50.5 Å². The average molecular weight is 215 g/mol. The number of rotatable bonds is 2. The molecule has 0 radical (unpaired) electrons. The maximum absolute atomic E-state index is 6.47. The predicted molar refractivity (Wildman–Crippen MR) is 67.4 cm³/mol. The van der Waals surface area contributed by atoms with Crippen LogP contribution in [0.3, 0.4) is 0 Å². The fourth-order valence-corrected chi connectivity index (χ4v) is 3.49. The third kappa shape index (κ3) is 1.67.